The van der Waals surface area contributed by atoms with Crippen LogP contribution in [0.4, 0.5) is 0 Å². The second-order valence-electron chi connectivity index (χ2n) is 5.78. The molecular formula is C15H18O3. The van der Waals surface area contributed by atoms with Crippen molar-refractivity contribution in [2.75, 3.05) is 0 Å². The van der Waals surface area contributed by atoms with Gasteiger partial charge in [0.25, 0.3) is 0 Å². The SMILES string of the molecule is Cc1c(C)c2c(c(C)c1O)[C@@H]1C(=O)CCC1(C)O2. The van der Waals surface area contributed by atoms with Gasteiger partial charge in [-0.15, -0.1) is 0 Å². The summed E-state index contributed by atoms with van der Waals surface area (Å²) in [5, 5.41) is 10.2. The standard InChI is InChI=1S/C15H18O3/c1-7-8(2)14-11(9(3)13(7)17)12-10(16)5-6-15(12,4)18-14/h12,17H,5-6H2,1-4H3/t12-,15?/m0/s1. The Morgan fingerprint density at radius 2 is 1.89 bits per heavy atom. The number of hydrogen-bond donors (Lipinski definition) is 1. The fourth-order valence-electron chi connectivity index (χ4n) is 3.42. The fourth-order valence-corrected chi connectivity index (χ4v) is 3.42. The number of benzene rings is 1. The molecule has 1 fully saturated rings. The number of Topliss-reactive ketones (excluding diaryl/α,β-unsaturated/α-hetero) is 1. The van der Waals surface area contributed by atoms with E-state index in [2.05, 4.69) is 0 Å². The number of carbonyl (C=O) groups excluding carboxylic acids is 1. The van der Waals surface area contributed by atoms with Crippen molar-refractivity contribution in [3.05, 3.63) is 22.3 Å². The lowest BCUT2D eigenvalue weighted by molar-refractivity contribution is -0.119. The van der Waals surface area contributed by atoms with E-state index in [-0.39, 0.29) is 11.7 Å². The minimum Gasteiger partial charge on any atom is -0.507 e. The molecule has 1 unspecified atom stereocenters. The van der Waals surface area contributed by atoms with Gasteiger partial charge in [0.2, 0.25) is 0 Å². The van der Waals surface area contributed by atoms with E-state index in [1.165, 1.54) is 0 Å². The van der Waals surface area contributed by atoms with Gasteiger partial charge in [-0.1, -0.05) is 0 Å². The Morgan fingerprint density at radius 1 is 1.22 bits per heavy atom. The van der Waals surface area contributed by atoms with E-state index in [0.717, 1.165) is 34.4 Å². The highest BCUT2D eigenvalue weighted by molar-refractivity contribution is 5.92. The zero-order chi connectivity index (χ0) is 13.2. The lowest BCUT2D eigenvalue weighted by atomic mass is 9.84. The Morgan fingerprint density at radius 3 is 2.56 bits per heavy atom. The van der Waals surface area contributed by atoms with Crippen molar-refractivity contribution in [3.63, 3.8) is 0 Å². The highest BCUT2D eigenvalue weighted by atomic mass is 16.5. The maximum atomic E-state index is 12.1. The summed E-state index contributed by atoms with van der Waals surface area (Å²) in [6, 6.07) is 0. The van der Waals surface area contributed by atoms with E-state index >= 15 is 0 Å². The highest BCUT2D eigenvalue weighted by Crippen LogP contribution is 2.56. The molecule has 3 rings (SSSR count). The topological polar surface area (TPSA) is 46.5 Å². The number of rotatable bonds is 0. The van der Waals surface area contributed by atoms with Gasteiger partial charge >= 0.3 is 0 Å². The predicted molar refractivity (Wildman–Crippen MR) is 68.3 cm³/mol. The van der Waals surface area contributed by atoms with Crippen LogP contribution in [-0.4, -0.2) is 16.5 Å². The second-order valence-corrected chi connectivity index (χ2v) is 5.78. The normalized spacial score (nSPS) is 29.1. The van der Waals surface area contributed by atoms with Crippen LogP contribution in [0.2, 0.25) is 0 Å². The van der Waals surface area contributed by atoms with Gasteiger partial charge in [-0.25, -0.2) is 0 Å². The predicted octanol–water partition coefficient (Wildman–Crippen LogP) is 2.92. The molecule has 1 aromatic carbocycles. The van der Waals surface area contributed by atoms with Gasteiger partial charge in [-0.3, -0.25) is 4.79 Å². The maximum Gasteiger partial charge on any atom is 0.144 e. The van der Waals surface area contributed by atoms with Crippen molar-refractivity contribution in [2.24, 2.45) is 0 Å². The number of ether oxygens (including phenoxy) is 1. The Bertz CT molecular complexity index is 574. The fraction of sp³-hybridized carbons (Fsp3) is 0.533. The number of phenolic OH excluding ortho intramolecular Hbond substituents is 1. The van der Waals surface area contributed by atoms with Crippen LogP contribution in [-0.2, 0) is 4.79 Å². The molecule has 18 heavy (non-hydrogen) atoms. The first-order chi connectivity index (χ1) is 8.37. The molecule has 0 radical (unpaired) electrons. The van der Waals surface area contributed by atoms with E-state index in [9.17, 15) is 9.90 Å². The quantitative estimate of drug-likeness (QED) is 0.765. The third-order valence-corrected chi connectivity index (χ3v) is 4.69. The van der Waals surface area contributed by atoms with Gasteiger partial charge in [-0.2, -0.15) is 0 Å². The monoisotopic (exact) mass is 246 g/mol. The number of fused-ring (bicyclic) bond motifs is 3. The molecule has 1 aliphatic heterocycles. The summed E-state index contributed by atoms with van der Waals surface area (Å²) < 4.78 is 6.10. The van der Waals surface area contributed by atoms with E-state index in [1.54, 1.807) is 0 Å². The summed E-state index contributed by atoms with van der Waals surface area (Å²) in [4.78, 5) is 12.1. The molecule has 0 amide bonds. The molecule has 1 N–H and O–H groups in total. The molecular weight excluding hydrogens is 228 g/mol. The molecule has 2 atom stereocenters. The van der Waals surface area contributed by atoms with Crippen molar-refractivity contribution in [2.45, 2.75) is 52.1 Å². The number of hydrogen-bond acceptors (Lipinski definition) is 3. The van der Waals surface area contributed by atoms with Crippen molar-refractivity contribution in [3.8, 4) is 11.5 Å². The number of phenols is 1. The Hall–Kier alpha value is -1.51. The molecule has 3 nitrogen and oxygen atoms in total. The van der Waals surface area contributed by atoms with Crippen molar-refractivity contribution < 1.29 is 14.6 Å². The van der Waals surface area contributed by atoms with Crippen LogP contribution in [0.3, 0.4) is 0 Å². The maximum absolute atomic E-state index is 12.1. The molecule has 1 aromatic rings. The molecule has 1 aliphatic carbocycles. The zero-order valence-corrected chi connectivity index (χ0v) is 11.3. The molecule has 0 bridgehead atoms. The van der Waals surface area contributed by atoms with Crippen LogP contribution < -0.4 is 4.74 Å². The van der Waals surface area contributed by atoms with E-state index in [0.29, 0.717) is 12.2 Å². The third-order valence-electron chi connectivity index (χ3n) is 4.69. The van der Waals surface area contributed by atoms with Crippen LogP contribution >= 0.6 is 0 Å². The largest absolute Gasteiger partial charge is 0.507 e. The smallest absolute Gasteiger partial charge is 0.144 e. The third kappa shape index (κ3) is 1.17. The van der Waals surface area contributed by atoms with Gasteiger partial charge in [0.15, 0.2) is 0 Å². The average molecular weight is 246 g/mol. The minimum atomic E-state index is -0.408. The van der Waals surface area contributed by atoms with Gasteiger partial charge in [0.1, 0.15) is 22.9 Å². The van der Waals surface area contributed by atoms with Crippen LogP contribution in [0, 0.1) is 20.8 Å². The number of aromatic hydroxyl groups is 1. The van der Waals surface area contributed by atoms with E-state index < -0.39 is 5.60 Å². The van der Waals surface area contributed by atoms with Gasteiger partial charge in [0, 0.05) is 12.0 Å². The second kappa shape index (κ2) is 3.28. The summed E-state index contributed by atoms with van der Waals surface area (Å²) in [5.74, 6) is 1.17. The Balaban J connectivity index is 2.32. The van der Waals surface area contributed by atoms with Gasteiger partial charge in [0.05, 0.1) is 5.92 Å². The lowest BCUT2D eigenvalue weighted by Crippen LogP contribution is -2.31. The number of ketones is 1. The molecule has 0 spiro atoms. The first-order valence-corrected chi connectivity index (χ1v) is 6.41. The van der Waals surface area contributed by atoms with Crippen LogP contribution in [0.5, 0.6) is 11.5 Å². The van der Waals surface area contributed by atoms with Crippen molar-refractivity contribution >= 4 is 5.78 Å². The molecule has 3 heteroatoms. The summed E-state index contributed by atoms with van der Waals surface area (Å²) >= 11 is 0. The van der Waals surface area contributed by atoms with Crippen LogP contribution in [0.25, 0.3) is 0 Å². The Kier molecular flexibility index (Phi) is 2.11. The van der Waals surface area contributed by atoms with Crippen molar-refractivity contribution in [1.82, 2.24) is 0 Å². The Labute approximate surface area is 107 Å². The van der Waals surface area contributed by atoms with Crippen molar-refractivity contribution in [1.29, 1.82) is 0 Å². The first-order valence-electron chi connectivity index (χ1n) is 6.41. The average Bonchev–Trinajstić information content (AvgIpc) is 2.79. The minimum absolute atomic E-state index is 0.197. The zero-order valence-electron chi connectivity index (χ0n) is 11.3. The summed E-state index contributed by atoms with van der Waals surface area (Å²) in [7, 11) is 0. The van der Waals surface area contributed by atoms with Crippen LogP contribution in [0.15, 0.2) is 0 Å². The summed E-state index contributed by atoms with van der Waals surface area (Å²) in [6.07, 6.45) is 1.34. The van der Waals surface area contributed by atoms with Gasteiger partial charge in [-0.05, 0) is 50.8 Å². The summed E-state index contributed by atoms with van der Waals surface area (Å²) in [5.41, 5.74) is 3.12. The van der Waals surface area contributed by atoms with Crippen LogP contribution in [0.1, 0.15) is 47.9 Å². The molecule has 0 aromatic heterocycles. The number of carbonyl (C=O) groups is 1. The summed E-state index contributed by atoms with van der Waals surface area (Å²) in [6.45, 7) is 7.72. The lowest BCUT2D eigenvalue weighted by Gasteiger charge is -2.22. The van der Waals surface area contributed by atoms with E-state index in [4.69, 9.17) is 4.74 Å². The van der Waals surface area contributed by atoms with E-state index in [1.807, 2.05) is 27.7 Å². The molecule has 1 saturated carbocycles. The highest BCUT2D eigenvalue weighted by Gasteiger charge is 2.54. The molecule has 96 valence electrons. The first kappa shape index (κ1) is 11.6. The molecule has 0 saturated heterocycles. The molecule has 2 aliphatic rings. The molecule has 1 heterocycles. The van der Waals surface area contributed by atoms with Gasteiger partial charge < -0.3 is 9.84 Å².